The first-order valence-electron chi connectivity index (χ1n) is 8.01. The lowest BCUT2D eigenvalue weighted by Crippen LogP contribution is -2.02. The van der Waals surface area contributed by atoms with Crippen LogP contribution in [0.5, 0.6) is 5.75 Å². The summed E-state index contributed by atoms with van der Waals surface area (Å²) < 4.78 is 10.3. The van der Waals surface area contributed by atoms with Gasteiger partial charge in [-0.15, -0.1) is 0 Å². The first-order chi connectivity index (χ1) is 12.1. The third-order valence-electron chi connectivity index (χ3n) is 3.68. The number of hydrogen-bond donors (Lipinski definition) is 0. The van der Waals surface area contributed by atoms with Crippen LogP contribution in [-0.2, 0) is 16.1 Å². The van der Waals surface area contributed by atoms with Crippen molar-refractivity contribution in [1.82, 2.24) is 0 Å². The van der Waals surface area contributed by atoms with Crippen molar-refractivity contribution in [2.45, 2.75) is 25.9 Å². The molecule has 0 atom stereocenters. The maximum Gasteiger partial charge on any atom is 0.337 e. The Morgan fingerprint density at radius 1 is 0.960 bits per heavy atom. The highest BCUT2D eigenvalue weighted by Gasteiger charge is 2.07. The number of esters is 1. The minimum Gasteiger partial charge on any atom is -0.489 e. The summed E-state index contributed by atoms with van der Waals surface area (Å²) >= 11 is 0. The molecule has 0 spiro atoms. The van der Waals surface area contributed by atoms with E-state index in [1.807, 2.05) is 0 Å². The second kappa shape index (κ2) is 9.37. The SMILES string of the molecule is COC(=O)c1ccc(COc2ccc(C(=O)CCCC=O)cc2)cc1. The zero-order valence-electron chi connectivity index (χ0n) is 14.1. The molecule has 2 aromatic carbocycles. The summed E-state index contributed by atoms with van der Waals surface area (Å²) in [6.45, 7) is 0.355. The molecule has 2 aromatic rings. The van der Waals surface area contributed by atoms with Gasteiger partial charge in [-0.05, 0) is 48.4 Å². The monoisotopic (exact) mass is 340 g/mol. The third-order valence-corrected chi connectivity index (χ3v) is 3.68. The van der Waals surface area contributed by atoms with Crippen molar-refractivity contribution < 1.29 is 23.9 Å². The molecule has 0 radical (unpaired) electrons. The second-order valence-corrected chi connectivity index (χ2v) is 5.48. The summed E-state index contributed by atoms with van der Waals surface area (Å²) in [5, 5.41) is 0. The average molecular weight is 340 g/mol. The molecule has 0 amide bonds. The number of Topliss-reactive ketones (excluding diaryl/α,β-unsaturated/α-hetero) is 1. The highest BCUT2D eigenvalue weighted by Crippen LogP contribution is 2.16. The van der Waals surface area contributed by atoms with Crippen LogP contribution in [-0.4, -0.2) is 25.1 Å². The molecule has 0 aliphatic heterocycles. The number of ketones is 1. The Bertz CT molecular complexity index is 717. The Labute approximate surface area is 146 Å². The number of rotatable bonds is 9. The largest absolute Gasteiger partial charge is 0.489 e. The van der Waals surface area contributed by atoms with Gasteiger partial charge in [0.1, 0.15) is 18.6 Å². The van der Waals surface area contributed by atoms with Crippen molar-refractivity contribution >= 4 is 18.0 Å². The zero-order valence-corrected chi connectivity index (χ0v) is 14.1. The minimum atomic E-state index is -0.374. The minimum absolute atomic E-state index is 0.0202. The van der Waals surface area contributed by atoms with Gasteiger partial charge in [0, 0.05) is 18.4 Å². The fraction of sp³-hybridized carbons (Fsp3) is 0.250. The number of aldehydes is 1. The molecule has 25 heavy (non-hydrogen) atoms. The lowest BCUT2D eigenvalue weighted by molar-refractivity contribution is -0.107. The molecule has 0 N–H and O–H groups in total. The number of hydrogen-bond acceptors (Lipinski definition) is 5. The van der Waals surface area contributed by atoms with E-state index < -0.39 is 0 Å². The van der Waals surface area contributed by atoms with Crippen molar-refractivity contribution in [3.8, 4) is 5.75 Å². The molecule has 0 unspecified atom stereocenters. The highest BCUT2D eigenvalue weighted by atomic mass is 16.5. The van der Waals surface area contributed by atoms with Crippen LogP contribution in [0.3, 0.4) is 0 Å². The number of unbranched alkanes of at least 4 members (excludes halogenated alkanes) is 1. The van der Waals surface area contributed by atoms with Gasteiger partial charge in [-0.1, -0.05) is 12.1 Å². The predicted molar refractivity (Wildman–Crippen MR) is 92.8 cm³/mol. The van der Waals surface area contributed by atoms with Crippen LogP contribution in [0.4, 0.5) is 0 Å². The van der Waals surface area contributed by atoms with Crippen molar-refractivity contribution in [1.29, 1.82) is 0 Å². The van der Waals surface area contributed by atoms with E-state index in [9.17, 15) is 14.4 Å². The first kappa shape index (κ1) is 18.4. The smallest absolute Gasteiger partial charge is 0.337 e. The molecule has 0 heterocycles. The molecule has 0 bridgehead atoms. The van der Waals surface area contributed by atoms with E-state index in [4.69, 9.17) is 4.74 Å². The van der Waals surface area contributed by atoms with Crippen LogP contribution in [0.1, 0.15) is 45.5 Å². The Morgan fingerprint density at radius 3 is 2.20 bits per heavy atom. The van der Waals surface area contributed by atoms with E-state index in [1.165, 1.54) is 7.11 Å². The number of ether oxygens (including phenoxy) is 2. The van der Waals surface area contributed by atoms with Crippen molar-refractivity contribution in [2.24, 2.45) is 0 Å². The summed E-state index contributed by atoms with van der Waals surface area (Å²) in [6, 6.07) is 13.9. The third kappa shape index (κ3) is 5.57. The van der Waals surface area contributed by atoms with Crippen LogP contribution >= 0.6 is 0 Å². The Kier molecular flexibility index (Phi) is 6.89. The van der Waals surface area contributed by atoms with E-state index >= 15 is 0 Å². The molecule has 0 saturated heterocycles. The lowest BCUT2D eigenvalue weighted by atomic mass is 10.1. The van der Waals surface area contributed by atoms with Crippen LogP contribution in [0.15, 0.2) is 48.5 Å². The summed E-state index contributed by atoms with van der Waals surface area (Å²) in [7, 11) is 1.34. The molecule has 0 fully saturated rings. The van der Waals surface area contributed by atoms with E-state index in [-0.39, 0.29) is 11.8 Å². The van der Waals surface area contributed by atoms with Crippen molar-refractivity contribution in [3.63, 3.8) is 0 Å². The number of carbonyl (C=O) groups excluding carboxylic acids is 3. The van der Waals surface area contributed by atoms with Gasteiger partial charge >= 0.3 is 5.97 Å². The standard InChI is InChI=1S/C20H20O5/c1-24-20(23)17-7-5-15(6-8-17)14-25-18-11-9-16(10-12-18)19(22)4-2-3-13-21/h5-13H,2-4,14H2,1H3. The maximum atomic E-state index is 11.9. The van der Waals surface area contributed by atoms with E-state index in [1.54, 1.807) is 48.5 Å². The van der Waals surface area contributed by atoms with E-state index in [0.717, 1.165) is 11.8 Å². The predicted octanol–water partition coefficient (Wildman–Crippen LogP) is 3.60. The van der Waals surface area contributed by atoms with Gasteiger partial charge in [0.2, 0.25) is 0 Å². The van der Waals surface area contributed by atoms with Gasteiger partial charge in [-0.3, -0.25) is 4.79 Å². The molecule has 0 aliphatic carbocycles. The molecular formula is C20H20O5. The summed E-state index contributed by atoms with van der Waals surface area (Å²) in [5.74, 6) is 0.300. The van der Waals surface area contributed by atoms with Gasteiger partial charge in [-0.2, -0.15) is 0 Å². The molecule has 5 heteroatoms. The average Bonchev–Trinajstić information content (AvgIpc) is 2.66. The van der Waals surface area contributed by atoms with E-state index in [2.05, 4.69) is 4.74 Å². The van der Waals surface area contributed by atoms with Gasteiger partial charge < -0.3 is 14.3 Å². The van der Waals surface area contributed by atoms with Gasteiger partial charge in [0.15, 0.2) is 5.78 Å². The summed E-state index contributed by atoms with van der Waals surface area (Å²) in [5.41, 5.74) is 2.02. The molecule has 130 valence electrons. The van der Waals surface area contributed by atoms with Crippen LogP contribution < -0.4 is 4.74 Å². The fourth-order valence-corrected chi connectivity index (χ4v) is 2.25. The summed E-state index contributed by atoms with van der Waals surface area (Å²) in [6.07, 6.45) is 2.16. The summed E-state index contributed by atoms with van der Waals surface area (Å²) in [4.78, 5) is 33.6. The van der Waals surface area contributed by atoms with Crippen molar-refractivity contribution in [2.75, 3.05) is 7.11 Å². The normalized spacial score (nSPS) is 10.1. The Morgan fingerprint density at radius 2 is 1.60 bits per heavy atom. The quantitative estimate of drug-likeness (QED) is 0.302. The van der Waals surface area contributed by atoms with E-state index in [0.29, 0.717) is 42.7 Å². The molecule has 2 rings (SSSR count). The molecule has 0 aliphatic rings. The topological polar surface area (TPSA) is 69.7 Å². The number of benzene rings is 2. The fourth-order valence-electron chi connectivity index (χ4n) is 2.25. The maximum absolute atomic E-state index is 11.9. The van der Waals surface area contributed by atoms with Gasteiger partial charge in [0.25, 0.3) is 0 Å². The Balaban J connectivity index is 1.87. The number of carbonyl (C=O) groups is 3. The number of methoxy groups -OCH3 is 1. The Hall–Kier alpha value is -2.95. The zero-order chi connectivity index (χ0) is 18.1. The second-order valence-electron chi connectivity index (χ2n) is 5.48. The van der Waals surface area contributed by atoms with Crippen LogP contribution in [0, 0.1) is 0 Å². The van der Waals surface area contributed by atoms with Crippen molar-refractivity contribution in [3.05, 3.63) is 65.2 Å². The molecule has 0 saturated carbocycles. The molecular weight excluding hydrogens is 320 g/mol. The highest BCUT2D eigenvalue weighted by molar-refractivity contribution is 5.96. The molecule has 0 aromatic heterocycles. The first-order valence-corrected chi connectivity index (χ1v) is 8.01. The van der Waals surface area contributed by atoms with Crippen LogP contribution in [0.25, 0.3) is 0 Å². The molecule has 5 nitrogen and oxygen atoms in total. The lowest BCUT2D eigenvalue weighted by Gasteiger charge is -2.08. The van der Waals surface area contributed by atoms with Gasteiger partial charge in [0.05, 0.1) is 12.7 Å². The van der Waals surface area contributed by atoms with Gasteiger partial charge in [-0.25, -0.2) is 4.79 Å². The van der Waals surface area contributed by atoms with Crippen LogP contribution in [0.2, 0.25) is 0 Å².